The number of esters is 1. The number of rotatable bonds is 9. The molecule has 2 aromatic carbocycles. The maximum absolute atomic E-state index is 12.7. The third-order valence-electron chi connectivity index (χ3n) is 5.36. The Labute approximate surface area is 194 Å². The van der Waals surface area contributed by atoms with Crippen LogP contribution in [0.1, 0.15) is 60.2 Å². The van der Waals surface area contributed by atoms with Crippen LogP contribution < -0.4 is 5.32 Å². The van der Waals surface area contributed by atoms with Crippen LogP contribution in [0.15, 0.2) is 53.4 Å². The summed E-state index contributed by atoms with van der Waals surface area (Å²) < 4.78 is 32.2. The van der Waals surface area contributed by atoms with Crippen LogP contribution in [0, 0.1) is 0 Å². The number of amides is 1. The summed E-state index contributed by atoms with van der Waals surface area (Å²) in [5, 5.41) is 2.74. The number of benzene rings is 2. The standard InChI is InChI=1S/C24H28N2O6S/c1-3-7-22(27)25-20-12-10-18(11-13-20)23(28)17(2)32-24(29)19-8-6-9-21(16-19)33(30,31)26-14-4-5-15-26/h6,8-13,16-17H,3-5,7,14-15H2,1-2H3,(H,25,27). The number of nitrogens with one attached hydrogen (secondary N) is 1. The molecule has 0 saturated carbocycles. The van der Waals surface area contributed by atoms with Crippen molar-refractivity contribution in [2.24, 2.45) is 0 Å². The van der Waals surface area contributed by atoms with E-state index in [4.69, 9.17) is 4.74 Å². The van der Waals surface area contributed by atoms with Gasteiger partial charge < -0.3 is 10.1 Å². The zero-order chi connectivity index (χ0) is 24.0. The number of carbonyl (C=O) groups excluding carboxylic acids is 3. The van der Waals surface area contributed by atoms with Gasteiger partial charge in [-0.2, -0.15) is 4.31 Å². The Kier molecular flexibility index (Phi) is 7.99. The number of carbonyl (C=O) groups is 3. The van der Waals surface area contributed by atoms with E-state index in [1.807, 2.05) is 6.92 Å². The molecule has 1 saturated heterocycles. The number of hydrogen-bond donors (Lipinski definition) is 1. The molecule has 1 unspecified atom stereocenters. The Morgan fingerprint density at radius 3 is 2.33 bits per heavy atom. The van der Waals surface area contributed by atoms with Gasteiger partial charge in [-0.15, -0.1) is 0 Å². The highest BCUT2D eigenvalue weighted by atomic mass is 32.2. The van der Waals surface area contributed by atoms with Crippen molar-refractivity contribution in [3.63, 3.8) is 0 Å². The molecule has 0 radical (unpaired) electrons. The first-order valence-corrected chi connectivity index (χ1v) is 12.4. The van der Waals surface area contributed by atoms with Crippen LogP contribution >= 0.6 is 0 Å². The van der Waals surface area contributed by atoms with E-state index in [0.29, 0.717) is 30.8 Å². The highest BCUT2D eigenvalue weighted by Gasteiger charge is 2.28. The third kappa shape index (κ3) is 6.06. The zero-order valence-electron chi connectivity index (χ0n) is 18.7. The van der Waals surface area contributed by atoms with Crippen LogP contribution in [-0.4, -0.2) is 49.6 Å². The highest BCUT2D eigenvalue weighted by molar-refractivity contribution is 7.89. The van der Waals surface area contributed by atoms with Gasteiger partial charge >= 0.3 is 5.97 Å². The topological polar surface area (TPSA) is 110 Å². The highest BCUT2D eigenvalue weighted by Crippen LogP contribution is 2.22. The zero-order valence-corrected chi connectivity index (χ0v) is 19.6. The summed E-state index contributed by atoms with van der Waals surface area (Å²) in [6.07, 6.45) is 1.70. The second kappa shape index (κ2) is 10.7. The molecule has 176 valence electrons. The van der Waals surface area contributed by atoms with Crippen LogP contribution in [0.4, 0.5) is 5.69 Å². The quantitative estimate of drug-likeness (QED) is 0.441. The summed E-state index contributed by atoms with van der Waals surface area (Å²) in [5.41, 5.74) is 0.962. The van der Waals surface area contributed by atoms with E-state index in [9.17, 15) is 22.8 Å². The second-order valence-corrected chi connectivity index (χ2v) is 9.86. The van der Waals surface area contributed by atoms with Gasteiger partial charge in [-0.1, -0.05) is 13.0 Å². The van der Waals surface area contributed by atoms with Gasteiger partial charge in [0.25, 0.3) is 0 Å². The fourth-order valence-corrected chi connectivity index (χ4v) is 5.11. The Morgan fingerprint density at radius 1 is 1.03 bits per heavy atom. The molecule has 9 heteroatoms. The molecule has 0 aromatic heterocycles. The number of anilines is 1. The van der Waals surface area contributed by atoms with E-state index in [1.54, 1.807) is 24.3 Å². The van der Waals surface area contributed by atoms with Crippen LogP contribution in [0.3, 0.4) is 0 Å². The van der Waals surface area contributed by atoms with Crippen LogP contribution in [0.25, 0.3) is 0 Å². The molecule has 1 fully saturated rings. The normalized spacial score (nSPS) is 15.1. The Balaban J connectivity index is 1.65. The molecule has 0 bridgehead atoms. The largest absolute Gasteiger partial charge is 0.451 e. The SMILES string of the molecule is CCCC(=O)Nc1ccc(C(=O)C(C)OC(=O)c2cccc(S(=O)(=O)N3CCCC3)c2)cc1. The van der Waals surface area contributed by atoms with Gasteiger partial charge in [-0.25, -0.2) is 13.2 Å². The van der Waals surface area contributed by atoms with Gasteiger partial charge in [0.1, 0.15) is 0 Å². The van der Waals surface area contributed by atoms with Gasteiger partial charge in [-0.05, 0) is 68.7 Å². The number of Topliss-reactive ketones (excluding diaryl/α,β-unsaturated/α-hetero) is 1. The Bertz CT molecular complexity index is 1120. The molecular formula is C24H28N2O6S. The second-order valence-electron chi connectivity index (χ2n) is 7.93. The van der Waals surface area contributed by atoms with E-state index in [-0.39, 0.29) is 16.4 Å². The molecule has 1 aliphatic rings. The number of nitrogens with zero attached hydrogens (tertiary/aromatic N) is 1. The first-order valence-electron chi connectivity index (χ1n) is 11.0. The Hall–Kier alpha value is -3.04. The molecule has 8 nitrogen and oxygen atoms in total. The lowest BCUT2D eigenvalue weighted by molar-refractivity contribution is -0.116. The predicted molar refractivity (Wildman–Crippen MR) is 124 cm³/mol. The van der Waals surface area contributed by atoms with Crippen molar-refractivity contribution in [2.75, 3.05) is 18.4 Å². The van der Waals surface area contributed by atoms with E-state index < -0.39 is 27.9 Å². The molecule has 0 aliphatic carbocycles. The van der Waals surface area contributed by atoms with E-state index in [2.05, 4.69) is 5.32 Å². The first-order chi connectivity index (χ1) is 15.7. The molecule has 33 heavy (non-hydrogen) atoms. The third-order valence-corrected chi connectivity index (χ3v) is 7.25. The van der Waals surface area contributed by atoms with Crippen LogP contribution in [0.5, 0.6) is 0 Å². The minimum Gasteiger partial charge on any atom is -0.451 e. The molecule has 1 N–H and O–H groups in total. The van der Waals surface area contributed by atoms with Crippen LogP contribution in [0.2, 0.25) is 0 Å². The number of ether oxygens (including phenoxy) is 1. The summed E-state index contributed by atoms with van der Waals surface area (Å²) in [4.78, 5) is 37.0. The number of sulfonamides is 1. The fraction of sp³-hybridized carbons (Fsp3) is 0.375. The van der Waals surface area contributed by atoms with Gasteiger partial charge in [0.2, 0.25) is 21.7 Å². The lowest BCUT2D eigenvalue weighted by Gasteiger charge is -2.16. The first kappa shape index (κ1) is 24.6. The summed E-state index contributed by atoms with van der Waals surface area (Å²) in [7, 11) is -3.67. The van der Waals surface area contributed by atoms with Crippen LogP contribution in [-0.2, 0) is 19.6 Å². The average Bonchev–Trinajstić information content (AvgIpc) is 3.35. The molecule has 1 aliphatic heterocycles. The summed E-state index contributed by atoms with van der Waals surface area (Å²) in [6, 6.07) is 12.0. The number of hydrogen-bond acceptors (Lipinski definition) is 6. The van der Waals surface area contributed by atoms with Crippen molar-refractivity contribution in [3.05, 3.63) is 59.7 Å². The monoisotopic (exact) mass is 472 g/mol. The number of ketones is 1. The van der Waals surface area contributed by atoms with Crippen molar-refractivity contribution in [3.8, 4) is 0 Å². The van der Waals surface area contributed by atoms with Crippen molar-refractivity contribution >= 4 is 33.4 Å². The predicted octanol–water partition coefficient (Wildman–Crippen LogP) is 3.64. The fourth-order valence-electron chi connectivity index (χ4n) is 3.55. The molecule has 1 amide bonds. The van der Waals surface area contributed by atoms with Crippen molar-refractivity contribution < 1.29 is 27.5 Å². The van der Waals surface area contributed by atoms with Gasteiger partial charge in [0.15, 0.2) is 6.10 Å². The van der Waals surface area contributed by atoms with Crippen molar-refractivity contribution in [1.82, 2.24) is 4.31 Å². The minimum atomic E-state index is -3.67. The summed E-state index contributed by atoms with van der Waals surface area (Å²) >= 11 is 0. The van der Waals surface area contributed by atoms with E-state index in [1.165, 1.54) is 35.5 Å². The lowest BCUT2D eigenvalue weighted by atomic mass is 10.1. The maximum atomic E-state index is 12.7. The summed E-state index contributed by atoms with van der Waals surface area (Å²) in [5.74, 6) is -1.29. The van der Waals surface area contributed by atoms with E-state index >= 15 is 0 Å². The molecular weight excluding hydrogens is 444 g/mol. The molecule has 1 atom stereocenters. The van der Waals surface area contributed by atoms with E-state index in [0.717, 1.165) is 19.3 Å². The van der Waals surface area contributed by atoms with Gasteiger partial charge in [0, 0.05) is 30.8 Å². The van der Waals surface area contributed by atoms with Crippen molar-refractivity contribution in [1.29, 1.82) is 0 Å². The smallest absolute Gasteiger partial charge is 0.338 e. The van der Waals surface area contributed by atoms with Gasteiger partial charge in [0.05, 0.1) is 10.5 Å². The average molecular weight is 473 g/mol. The minimum absolute atomic E-state index is 0.0264. The lowest BCUT2D eigenvalue weighted by Crippen LogP contribution is -2.28. The molecule has 3 rings (SSSR count). The van der Waals surface area contributed by atoms with Crippen molar-refractivity contribution in [2.45, 2.75) is 50.5 Å². The maximum Gasteiger partial charge on any atom is 0.338 e. The Morgan fingerprint density at radius 2 is 1.70 bits per heavy atom. The molecule has 2 aromatic rings. The molecule has 1 heterocycles. The van der Waals surface area contributed by atoms with Gasteiger partial charge in [-0.3, -0.25) is 9.59 Å². The summed E-state index contributed by atoms with van der Waals surface area (Å²) in [6.45, 7) is 4.29. The molecule has 0 spiro atoms.